The van der Waals surface area contributed by atoms with Gasteiger partial charge < -0.3 is 14.9 Å². The summed E-state index contributed by atoms with van der Waals surface area (Å²) in [7, 11) is 0. The Morgan fingerprint density at radius 1 is 1.00 bits per heavy atom. The zero-order chi connectivity index (χ0) is 16.6. The molecule has 1 unspecified atom stereocenters. The van der Waals surface area contributed by atoms with Gasteiger partial charge in [0.1, 0.15) is 0 Å². The average Bonchev–Trinajstić information content (AvgIpc) is 2.64. The lowest BCUT2D eigenvalue weighted by Crippen LogP contribution is -2.30. The molecule has 1 atom stereocenters. The Morgan fingerprint density at radius 2 is 1.50 bits per heavy atom. The lowest BCUT2D eigenvalue weighted by atomic mass is 9.98. The van der Waals surface area contributed by atoms with Crippen LogP contribution < -0.4 is 0 Å². The monoisotopic (exact) mass is 312 g/mol. The Labute approximate surface area is 132 Å². The second-order valence-corrected chi connectivity index (χ2v) is 6.15. The summed E-state index contributed by atoms with van der Waals surface area (Å²) in [5.74, 6) is -2.52. The van der Waals surface area contributed by atoms with Gasteiger partial charge in [-0.25, -0.2) is 4.79 Å². The first-order valence-electron chi connectivity index (χ1n) is 8.22. The van der Waals surface area contributed by atoms with Crippen LogP contribution in [-0.2, 0) is 14.3 Å². The Hall–Kier alpha value is -1.36. The molecule has 22 heavy (non-hydrogen) atoms. The van der Waals surface area contributed by atoms with Crippen LogP contribution in [0.4, 0.5) is 0 Å². The number of hydrogen-bond donors (Lipinski definition) is 2. The first-order chi connectivity index (χ1) is 10.4. The molecule has 0 fully saturated rings. The number of unbranched alkanes of at least 4 members (excludes halogenated alkanes) is 7. The van der Waals surface area contributed by atoms with Crippen molar-refractivity contribution in [3.05, 3.63) is 11.1 Å². The first kappa shape index (κ1) is 18.7. The third-order valence-corrected chi connectivity index (χ3v) is 4.37. The van der Waals surface area contributed by atoms with Gasteiger partial charge in [-0.15, -0.1) is 0 Å². The van der Waals surface area contributed by atoms with Crippen molar-refractivity contribution in [1.29, 1.82) is 0 Å². The Bertz CT molecular complexity index is 427. The molecule has 0 saturated carbocycles. The smallest absolute Gasteiger partial charge is 0.336 e. The topological polar surface area (TPSA) is 83.8 Å². The normalized spacial score (nSPS) is 21.3. The minimum Gasteiger partial charge on any atom is -0.481 e. The summed E-state index contributed by atoms with van der Waals surface area (Å²) < 4.78 is 5.06. The van der Waals surface area contributed by atoms with E-state index in [0.29, 0.717) is 17.6 Å². The van der Waals surface area contributed by atoms with Crippen molar-refractivity contribution in [1.82, 2.24) is 0 Å². The first-order valence-corrected chi connectivity index (χ1v) is 8.22. The van der Waals surface area contributed by atoms with Crippen LogP contribution in [-0.4, -0.2) is 27.9 Å². The van der Waals surface area contributed by atoms with E-state index in [-0.39, 0.29) is 6.42 Å². The lowest BCUT2D eigenvalue weighted by molar-refractivity contribution is -0.183. The number of hydrogen-bond acceptors (Lipinski definition) is 4. The molecular weight excluding hydrogens is 284 g/mol. The minimum absolute atomic E-state index is 0.267. The fourth-order valence-electron chi connectivity index (χ4n) is 2.69. The van der Waals surface area contributed by atoms with Gasteiger partial charge in [0.2, 0.25) is 5.79 Å². The molecule has 2 N–H and O–H groups in total. The number of carbonyl (C=O) groups excluding carboxylic acids is 1. The molecule has 0 saturated heterocycles. The molecule has 0 aromatic rings. The van der Waals surface area contributed by atoms with Gasteiger partial charge in [0.05, 0.1) is 0 Å². The van der Waals surface area contributed by atoms with Crippen LogP contribution in [0.1, 0.15) is 78.1 Å². The third-order valence-electron chi connectivity index (χ3n) is 4.37. The molecule has 0 spiro atoms. The van der Waals surface area contributed by atoms with E-state index < -0.39 is 17.7 Å². The van der Waals surface area contributed by atoms with E-state index in [0.717, 1.165) is 51.4 Å². The quantitative estimate of drug-likeness (QED) is 0.450. The van der Waals surface area contributed by atoms with Crippen molar-refractivity contribution < 1.29 is 24.5 Å². The van der Waals surface area contributed by atoms with Crippen LogP contribution in [0.15, 0.2) is 11.1 Å². The predicted octanol–water partition coefficient (Wildman–Crippen LogP) is 3.55. The highest BCUT2D eigenvalue weighted by molar-refractivity contribution is 5.91. The van der Waals surface area contributed by atoms with Gasteiger partial charge in [-0.1, -0.05) is 38.5 Å². The Balaban J connectivity index is 2.02. The molecule has 1 aliphatic heterocycles. The van der Waals surface area contributed by atoms with Crippen LogP contribution in [0, 0.1) is 0 Å². The third kappa shape index (κ3) is 5.79. The van der Waals surface area contributed by atoms with Crippen molar-refractivity contribution in [2.24, 2.45) is 0 Å². The van der Waals surface area contributed by atoms with Gasteiger partial charge in [0.25, 0.3) is 0 Å². The minimum atomic E-state index is -1.39. The fourth-order valence-corrected chi connectivity index (χ4v) is 2.69. The average molecular weight is 312 g/mol. The molecule has 0 aromatic carbocycles. The molecular formula is C17H28O5. The number of carbonyl (C=O) groups is 2. The molecule has 126 valence electrons. The number of cyclic esters (lactones) is 1. The maximum atomic E-state index is 11.4. The molecule has 0 aromatic heterocycles. The lowest BCUT2D eigenvalue weighted by Gasteiger charge is -2.23. The zero-order valence-electron chi connectivity index (χ0n) is 13.7. The summed E-state index contributed by atoms with van der Waals surface area (Å²) in [6, 6.07) is 0. The van der Waals surface area contributed by atoms with Gasteiger partial charge in [-0.05, 0) is 26.7 Å². The summed E-state index contributed by atoms with van der Waals surface area (Å²) in [6.45, 7) is 3.43. The van der Waals surface area contributed by atoms with Gasteiger partial charge in [-0.2, -0.15) is 0 Å². The van der Waals surface area contributed by atoms with Crippen LogP contribution in [0.5, 0.6) is 0 Å². The fraction of sp³-hybridized carbons (Fsp3) is 0.765. The number of carboxylic acids is 1. The largest absolute Gasteiger partial charge is 0.481 e. The molecule has 1 aliphatic rings. The van der Waals surface area contributed by atoms with E-state index in [1.165, 1.54) is 0 Å². The van der Waals surface area contributed by atoms with Gasteiger partial charge in [0.15, 0.2) is 0 Å². The molecule has 1 heterocycles. The van der Waals surface area contributed by atoms with Crippen LogP contribution in [0.25, 0.3) is 0 Å². The second kappa shape index (κ2) is 8.93. The highest BCUT2D eigenvalue weighted by Crippen LogP contribution is 2.34. The van der Waals surface area contributed by atoms with E-state index in [1.54, 1.807) is 13.8 Å². The molecule has 0 radical (unpaired) electrons. The highest BCUT2D eigenvalue weighted by atomic mass is 16.7. The van der Waals surface area contributed by atoms with Gasteiger partial charge in [-0.3, -0.25) is 4.79 Å². The Morgan fingerprint density at radius 3 is 1.95 bits per heavy atom. The number of ether oxygens (including phenoxy) is 1. The molecule has 0 aliphatic carbocycles. The number of rotatable bonds is 11. The van der Waals surface area contributed by atoms with E-state index in [9.17, 15) is 14.7 Å². The summed E-state index contributed by atoms with van der Waals surface area (Å²) >= 11 is 0. The maximum Gasteiger partial charge on any atom is 0.336 e. The number of carboxylic acid groups (broad SMARTS) is 1. The van der Waals surface area contributed by atoms with E-state index >= 15 is 0 Å². The van der Waals surface area contributed by atoms with Crippen LogP contribution >= 0.6 is 0 Å². The molecule has 0 bridgehead atoms. The van der Waals surface area contributed by atoms with Crippen molar-refractivity contribution in [2.75, 3.05) is 0 Å². The summed E-state index contributed by atoms with van der Waals surface area (Å²) in [5.41, 5.74) is 1.15. The van der Waals surface area contributed by atoms with Crippen molar-refractivity contribution in [3.8, 4) is 0 Å². The highest BCUT2D eigenvalue weighted by Gasteiger charge is 2.41. The molecule has 1 rings (SSSR count). The van der Waals surface area contributed by atoms with Crippen LogP contribution in [0.3, 0.4) is 0 Å². The predicted molar refractivity (Wildman–Crippen MR) is 83.2 cm³/mol. The van der Waals surface area contributed by atoms with Crippen molar-refractivity contribution in [2.45, 2.75) is 83.8 Å². The van der Waals surface area contributed by atoms with Crippen molar-refractivity contribution in [3.63, 3.8) is 0 Å². The van der Waals surface area contributed by atoms with Crippen molar-refractivity contribution >= 4 is 11.9 Å². The molecule has 5 heteroatoms. The van der Waals surface area contributed by atoms with E-state index in [4.69, 9.17) is 9.84 Å². The maximum absolute atomic E-state index is 11.4. The summed E-state index contributed by atoms with van der Waals surface area (Å²) in [4.78, 5) is 21.8. The SMILES string of the molecule is CC1=C(C)C(O)(CCCCCCCCCCC(=O)O)OC1=O. The Kier molecular flexibility index (Phi) is 7.59. The second-order valence-electron chi connectivity index (χ2n) is 6.15. The summed E-state index contributed by atoms with van der Waals surface area (Å²) in [6.07, 6.45) is 8.71. The summed E-state index contributed by atoms with van der Waals surface area (Å²) in [5, 5.41) is 18.8. The number of aliphatic carboxylic acids is 1. The van der Waals surface area contributed by atoms with Gasteiger partial charge >= 0.3 is 11.9 Å². The zero-order valence-corrected chi connectivity index (χ0v) is 13.7. The number of esters is 1. The van der Waals surface area contributed by atoms with E-state index in [2.05, 4.69) is 0 Å². The van der Waals surface area contributed by atoms with Crippen LogP contribution in [0.2, 0.25) is 0 Å². The standard InChI is InChI=1S/C17H28O5/c1-13-14(2)17(21,22-16(13)20)12-10-8-6-4-3-5-7-9-11-15(18)19/h21H,3-12H2,1-2H3,(H,18,19). The van der Waals surface area contributed by atoms with Gasteiger partial charge in [0, 0.05) is 24.0 Å². The van der Waals surface area contributed by atoms with E-state index in [1.807, 2.05) is 0 Å². The number of aliphatic hydroxyl groups is 1. The molecule has 5 nitrogen and oxygen atoms in total. The molecule has 0 amide bonds.